The molecular formula is C18H23N5. The summed E-state index contributed by atoms with van der Waals surface area (Å²) < 4.78 is 0. The van der Waals surface area contributed by atoms with E-state index in [-0.39, 0.29) is 0 Å². The first kappa shape index (κ1) is 14.5. The minimum atomic E-state index is 0.540. The number of aromatic nitrogens is 3. The van der Waals surface area contributed by atoms with Crippen LogP contribution in [0.4, 0.5) is 5.82 Å². The fourth-order valence-electron chi connectivity index (χ4n) is 4.21. The Morgan fingerprint density at radius 2 is 2.13 bits per heavy atom. The van der Waals surface area contributed by atoms with Gasteiger partial charge in [0.2, 0.25) is 0 Å². The Morgan fingerprint density at radius 1 is 1.26 bits per heavy atom. The lowest BCUT2D eigenvalue weighted by atomic mass is 10.1. The first-order valence-electron chi connectivity index (χ1n) is 8.59. The zero-order valence-corrected chi connectivity index (χ0v) is 13.4. The summed E-state index contributed by atoms with van der Waals surface area (Å²) in [5.41, 5.74) is 0.912. The van der Waals surface area contributed by atoms with Crippen molar-refractivity contribution in [1.82, 2.24) is 19.9 Å². The largest absolute Gasteiger partial charge is 0.354 e. The smallest absolute Gasteiger partial charge is 0.142 e. The van der Waals surface area contributed by atoms with Gasteiger partial charge in [0.05, 0.1) is 11.9 Å². The van der Waals surface area contributed by atoms with Crippen molar-refractivity contribution in [3.8, 4) is 12.3 Å². The van der Waals surface area contributed by atoms with E-state index in [1.54, 1.807) is 6.33 Å². The van der Waals surface area contributed by atoms with Gasteiger partial charge in [-0.05, 0) is 25.3 Å². The summed E-state index contributed by atoms with van der Waals surface area (Å²) in [5.74, 6) is 3.93. The molecule has 2 aliphatic rings. The maximum absolute atomic E-state index is 5.64. The fraction of sp³-hybridized carbons (Fsp3) is 0.556. The molecule has 0 spiro atoms. The quantitative estimate of drug-likeness (QED) is 0.881. The number of hydrogen-bond donors (Lipinski definition) is 1. The van der Waals surface area contributed by atoms with Crippen LogP contribution in [0, 0.1) is 12.3 Å². The lowest BCUT2D eigenvalue weighted by molar-refractivity contribution is 0.167. The molecule has 1 aliphatic heterocycles. The molecule has 1 saturated carbocycles. The lowest BCUT2D eigenvalue weighted by Crippen LogP contribution is -2.43. The average Bonchev–Trinajstić information content (AvgIpc) is 3.32. The Kier molecular flexibility index (Phi) is 3.92. The van der Waals surface area contributed by atoms with Crippen LogP contribution in [-0.4, -0.2) is 51.6 Å². The summed E-state index contributed by atoms with van der Waals surface area (Å²) >= 11 is 0. The van der Waals surface area contributed by atoms with Gasteiger partial charge >= 0.3 is 0 Å². The molecule has 5 heteroatoms. The maximum Gasteiger partial charge on any atom is 0.142 e. The molecule has 120 valence electrons. The first-order chi connectivity index (χ1) is 11.4. The molecule has 0 amide bonds. The number of rotatable bonds is 4. The van der Waals surface area contributed by atoms with Gasteiger partial charge in [0.15, 0.2) is 0 Å². The van der Waals surface area contributed by atoms with Crippen molar-refractivity contribution in [2.24, 2.45) is 0 Å². The highest BCUT2D eigenvalue weighted by atomic mass is 15.3. The van der Waals surface area contributed by atoms with E-state index < -0.39 is 0 Å². The predicted octanol–water partition coefficient (Wildman–Crippen LogP) is 2.41. The van der Waals surface area contributed by atoms with Crippen LogP contribution in [-0.2, 0) is 0 Å². The molecular weight excluding hydrogens is 286 g/mol. The maximum atomic E-state index is 5.64. The summed E-state index contributed by atoms with van der Waals surface area (Å²) in [5, 5.41) is 1.11. The Hall–Kier alpha value is -2.06. The van der Waals surface area contributed by atoms with E-state index in [0.29, 0.717) is 12.1 Å². The molecule has 2 fully saturated rings. The molecule has 5 nitrogen and oxygen atoms in total. The third-order valence-electron chi connectivity index (χ3n) is 5.33. The van der Waals surface area contributed by atoms with E-state index in [2.05, 4.69) is 36.7 Å². The minimum Gasteiger partial charge on any atom is -0.354 e. The summed E-state index contributed by atoms with van der Waals surface area (Å²) in [4.78, 5) is 17.0. The molecule has 1 N–H and O–H groups in total. The first-order valence-corrected chi connectivity index (χ1v) is 8.59. The number of anilines is 1. The number of fused-ring (bicyclic) bond motifs is 1. The van der Waals surface area contributed by atoms with Crippen LogP contribution in [0.1, 0.15) is 32.1 Å². The van der Waals surface area contributed by atoms with Crippen molar-refractivity contribution < 1.29 is 0 Å². The van der Waals surface area contributed by atoms with Gasteiger partial charge in [-0.3, -0.25) is 4.90 Å². The topological polar surface area (TPSA) is 48.1 Å². The lowest BCUT2D eigenvalue weighted by Gasteiger charge is -2.32. The van der Waals surface area contributed by atoms with E-state index in [1.807, 2.05) is 6.20 Å². The average molecular weight is 309 g/mol. The summed E-state index contributed by atoms with van der Waals surface area (Å²) in [6.07, 6.45) is 15.7. The van der Waals surface area contributed by atoms with E-state index in [1.165, 1.54) is 25.7 Å². The molecule has 0 bridgehead atoms. The number of nitrogens with one attached hydrogen (secondary N) is 1. The monoisotopic (exact) mass is 309 g/mol. The van der Waals surface area contributed by atoms with E-state index >= 15 is 0 Å². The molecule has 0 radical (unpaired) electrons. The highest BCUT2D eigenvalue weighted by Gasteiger charge is 2.33. The third-order valence-corrected chi connectivity index (χ3v) is 5.33. The van der Waals surface area contributed by atoms with Crippen LogP contribution in [0.5, 0.6) is 0 Å². The van der Waals surface area contributed by atoms with Gasteiger partial charge in [-0.15, -0.1) is 6.42 Å². The molecule has 1 unspecified atom stereocenters. The second-order valence-corrected chi connectivity index (χ2v) is 6.64. The molecule has 1 aliphatic carbocycles. The van der Waals surface area contributed by atoms with Crippen LogP contribution in [0.15, 0.2) is 18.6 Å². The Morgan fingerprint density at radius 3 is 2.96 bits per heavy atom. The van der Waals surface area contributed by atoms with Crippen LogP contribution < -0.4 is 4.90 Å². The normalized spacial score (nSPS) is 22.3. The summed E-state index contributed by atoms with van der Waals surface area (Å²) in [6.45, 7) is 2.82. The molecule has 2 aromatic rings. The van der Waals surface area contributed by atoms with Crippen molar-refractivity contribution in [2.75, 3.05) is 24.5 Å². The SMILES string of the molecule is C#CCN(C1CCCC1)C1CCN(c2ncnc3[nH]ccc23)C1. The fourth-order valence-corrected chi connectivity index (χ4v) is 4.21. The molecule has 4 rings (SSSR count). The molecule has 3 heterocycles. The number of H-pyrrole nitrogens is 1. The molecule has 2 aromatic heterocycles. The summed E-state index contributed by atoms with van der Waals surface area (Å²) in [7, 11) is 0. The third kappa shape index (κ3) is 2.68. The number of aromatic amines is 1. The van der Waals surface area contributed by atoms with Gasteiger partial charge in [-0.1, -0.05) is 18.8 Å². The number of terminal acetylenes is 1. The standard InChI is InChI=1S/C18H23N5/c1-2-10-23(14-5-3-4-6-14)15-8-11-22(12-15)18-16-7-9-19-17(16)20-13-21-18/h1,7,9,13-15H,3-6,8,10-12H2,(H,19,20,21). The van der Waals surface area contributed by atoms with Gasteiger partial charge in [0.1, 0.15) is 17.8 Å². The van der Waals surface area contributed by atoms with Gasteiger partial charge in [-0.2, -0.15) is 0 Å². The minimum absolute atomic E-state index is 0.540. The number of hydrogen-bond acceptors (Lipinski definition) is 4. The van der Waals surface area contributed by atoms with Gasteiger partial charge in [0, 0.05) is 31.4 Å². The Bertz CT molecular complexity index is 710. The zero-order valence-electron chi connectivity index (χ0n) is 13.4. The second kappa shape index (κ2) is 6.21. The van der Waals surface area contributed by atoms with Gasteiger partial charge in [-0.25, -0.2) is 9.97 Å². The highest BCUT2D eigenvalue weighted by molar-refractivity contribution is 5.87. The molecule has 23 heavy (non-hydrogen) atoms. The summed E-state index contributed by atoms with van der Waals surface area (Å²) in [6, 6.07) is 3.28. The molecule has 1 atom stereocenters. The van der Waals surface area contributed by atoms with Crippen molar-refractivity contribution >= 4 is 16.9 Å². The molecule has 0 aromatic carbocycles. The molecule has 1 saturated heterocycles. The predicted molar refractivity (Wildman–Crippen MR) is 92.3 cm³/mol. The van der Waals surface area contributed by atoms with Crippen LogP contribution in [0.2, 0.25) is 0 Å². The zero-order chi connectivity index (χ0) is 15.6. The highest BCUT2D eigenvalue weighted by Crippen LogP contribution is 2.31. The Labute approximate surface area is 137 Å². The van der Waals surface area contributed by atoms with E-state index in [9.17, 15) is 0 Å². The van der Waals surface area contributed by atoms with E-state index in [4.69, 9.17) is 6.42 Å². The van der Waals surface area contributed by atoms with Crippen molar-refractivity contribution in [1.29, 1.82) is 0 Å². The van der Waals surface area contributed by atoms with Crippen LogP contribution in [0.3, 0.4) is 0 Å². The van der Waals surface area contributed by atoms with Gasteiger partial charge < -0.3 is 9.88 Å². The van der Waals surface area contributed by atoms with Crippen molar-refractivity contribution in [3.63, 3.8) is 0 Å². The Balaban J connectivity index is 1.54. The number of nitrogens with zero attached hydrogens (tertiary/aromatic N) is 4. The van der Waals surface area contributed by atoms with Crippen LogP contribution in [0.25, 0.3) is 11.0 Å². The van der Waals surface area contributed by atoms with Gasteiger partial charge in [0.25, 0.3) is 0 Å². The second-order valence-electron chi connectivity index (χ2n) is 6.64. The van der Waals surface area contributed by atoms with Crippen molar-refractivity contribution in [2.45, 2.75) is 44.2 Å². The van der Waals surface area contributed by atoms with Crippen molar-refractivity contribution in [3.05, 3.63) is 18.6 Å². The van der Waals surface area contributed by atoms with Crippen LogP contribution >= 0.6 is 0 Å². The van der Waals surface area contributed by atoms with E-state index in [0.717, 1.165) is 42.9 Å².